The van der Waals surface area contributed by atoms with Gasteiger partial charge in [-0.3, -0.25) is 0 Å². The second kappa shape index (κ2) is 6.29. The van der Waals surface area contributed by atoms with Crippen LogP contribution in [0.25, 0.3) is 0 Å². The van der Waals surface area contributed by atoms with Crippen LogP contribution in [0.15, 0.2) is 23.5 Å². The minimum atomic E-state index is -6.34. The zero-order valence-corrected chi connectivity index (χ0v) is 12.1. The Hall–Kier alpha value is -0.211. The molecule has 0 fully saturated rings. The molecule has 0 amide bonds. The van der Waals surface area contributed by atoms with Gasteiger partial charge in [-0.05, 0) is 0 Å². The van der Waals surface area contributed by atoms with Gasteiger partial charge in [-0.25, -0.2) is 0 Å². The Morgan fingerprint density at radius 2 is 1.94 bits per heavy atom. The van der Waals surface area contributed by atoms with E-state index < -0.39 is 24.7 Å². The molecule has 1 aliphatic carbocycles. The number of carbonyl (C=O) groups excluding carboxylic acids is 1. The van der Waals surface area contributed by atoms with Crippen molar-refractivity contribution in [1.82, 2.24) is 0 Å². The van der Waals surface area contributed by atoms with Crippen LogP contribution in [0.1, 0.15) is 6.42 Å². The predicted molar refractivity (Wildman–Crippen MR) is 60.5 cm³/mol. The molecule has 0 aromatic heterocycles. The molecule has 0 saturated carbocycles. The maximum atomic E-state index is 13.8. The molecular weight excluding hydrogens is 386 g/mol. The molecule has 103 valence electrons. The van der Waals surface area contributed by atoms with Gasteiger partial charge in [0.15, 0.2) is 0 Å². The van der Waals surface area contributed by atoms with Crippen LogP contribution in [0.2, 0.25) is 0 Å². The maximum absolute atomic E-state index is 13.8. The van der Waals surface area contributed by atoms with Crippen molar-refractivity contribution in [2.24, 2.45) is 0 Å². The summed E-state index contributed by atoms with van der Waals surface area (Å²) in [5, 5.41) is -0.627. The van der Waals surface area contributed by atoms with E-state index in [4.69, 9.17) is 0 Å². The summed E-state index contributed by atoms with van der Waals surface area (Å²) in [6.07, 6.45) is -1.74. The van der Waals surface area contributed by atoms with E-state index >= 15 is 0 Å². The van der Waals surface area contributed by atoms with Crippen LogP contribution in [0.3, 0.4) is 0 Å². The summed E-state index contributed by atoms with van der Waals surface area (Å²) >= 11 is 5.75. The Kier molecular flexibility index (Phi) is 6.22. The van der Waals surface area contributed by atoms with Crippen LogP contribution >= 0.6 is 21.3 Å². The molecule has 0 aromatic carbocycles. The Balaban J connectivity index is 0.00000137. The summed E-state index contributed by atoms with van der Waals surface area (Å²) < 4.78 is 62.7. The first kappa shape index (κ1) is 17.8. The number of carbonyl (C=O) groups is 1. The molecule has 0 unspecified atom stereocenters. The minimum absolute atomic E-state index is 0.240. The Morgan fingerprint density at radius 3 is 2.28 bits per heavy atom. The fraction of sp³-hybridized carbons (Fsp3) is 0.222. The molecule has 18 heavy (non-hydrogen) atoms. The van der Waals surface area contributed by atoms with E-state index in [1.165, 1.54) is 12.2 Å². The van der Waals surface area contributed by atoms with Crippen LogP contribution in [0.5, 0.6) is 0 Å². The van der Waals surface area contributed by atoms with Gasteiger partial charge in [0, 0.05) is 0 Å². The van der Waals surface area contributed by atoms with Crippen LogP contribution in [0, 0.1) is 11.6 Å². The number of hydrogen-bond donors (Lipinski definition) is 0. The molecule has 0 bridgehead atoms. The van der Waals surface area contributed by atoms with Crippen LogP contribution < -0.4 is 0 Å². The standard InChI is InChI=1S/C9H6F5OP.BrH.Fe/c10-9(11,12)5-6-16(13,14,7-15)8-3-1-2-4-8;;/h1-3,7H,4H2;1H;/q;;+1/p-1. The fourth-order valence-electron chi connectivity index (χ4n) is 1.07. The van der Waals surface area contributed by atoms with Gasteiger partial charge in [0.2, 0.25) is 0 Å². The molecule has 1 rings (SSSR count). The van der Waals surface area contributed by atoms with E-state index in [0.29, 0.717) is 5.92 Å². The van der Waals surface area contributed by atoms with Gasteiger partial charge in [0.05, 0.1) is 0 Å². The molecular formula is C9H6BrF5FeOP. The molecule has 0 aliphatic heterocycles. The van der Waals surface area contributed by atoms with E-state index in [-0.39, 0.29) is 6.42 Å². The first-order chi connectivity index (χ1) is 8.16. The van der Waals surface area contributed by atoms with E-state index in [1.54, 1.807) is 0 Å². The van der Waals surface area contributed by atoms with Crippen molar-refractivity contribution >= 4 is 27.4 Å². The average molecular weight is 392 g/mol. The van der Waals surface area contributed by atoms with E-state index in [1.807, 2.05) is 0 Å². The molecule has 0 radical (unpaired) electrons. The summed E-state index contributed by atoms with van der Waals surface area (Å²) in [5.74, 6) is 0.489. The molecule has 1 aliphatic rings. The third-order valence-corrected chi connectivity index (χ3v) is 4.14. The SMILES string of the molecule is O=CP(F)(F)(C#CC(F)(F)F)C1=CC=CC1.[Fe][Br]. The molecule has 0 saturated heterocycles. The third kappa shape index (κ3) is 4.81. The van der Waals surface area contributed by atoms with Crippen molar-refractivity contribution in [3.63, 3.8) is 0 Å². The number of alkyl halides is 3. The Labute approximate surface area is 116 Å². The second-order valence-electron chi connectivity index (χ2n) is 3.10. The normalized spacial score (nSPS) is 16.4. The fourth-order valence-corrected chi connectivity index (χ4v) is 2.53. The molecule has 0 spiro atoms. The summed E-state index contributed by atoms with van der Waals surface area (Å²) in [6.45, 7) is 0. The summed E-state index contributed by atoms with van der Waals surface area (Å²) in [4.78, 5) is 10.4. The third-order valence-electron chi connectivity index (χ3n) is 1.87. The van der Waals surface area contributed by atoms with E-state index in [9.17, 15) is 26.4 Å². The molecule has 0 atom stereocenters. The monoisotopic (exact) mass is 391 g/mol. The van der Waals surface area contributed by atoms with Crippen molar-refractivity contribution in [2.45, 2.75) is 12.6 Å². The molecule has 0 aromatic rings. The summed E-state index contributed by atoms with van der Waals surface area (Å²) in [5.41, 5.74) is 0.850. The Bertz CT molecular complexity index is 446. The van der Waals surface area contributed by atoms with Crippen molar-refractivity contribution < 1.29 is 40.6 Å². The van der Waals surface area contributed by atoms with Gasteiger partial charge in [0.25, 0.3) is 0 Å². The van der Waals surface area contributed by atoms with Gasteiger partial charge in [0.1, 0.15) is 0 Å². The molecule has 9 heteroatoms. The van der Waals surface area contributed by atoms with Crippen molar-refractivity contribution in [1.29, 1.82) is 0 Å². The topological polar surface area (TPSA) is 17.1 Å². The first-order valence-corrected chi connectivity index (χ1v) is 9.01. The van der Waals surface area contributed by atoms with Gasteiger partial charge in [-0.1, -0.05) is 0 Å². The second-order valence-corrected chi connectivity index (χ2v) is 6.04. The number of allylic oxidation sites excluding steroid dienone is 4. The van der Waals surface area contributed by atoms with Crippen LogP contribution in [-0.2, 0) is 19.0 Å². The van der Waals surface area contributed by atoms with Gasteiger partial charge >= 0.3 is 116 Å². The molecule has 0 heterocycles. The van der Waals surface area contributed by atoms with Crippen LogP contribution in [0.4, 0.5) is 21.6 Å². The number of rotatable bonds is 2. The predicted octanol–water partition coefficient (Wildman–Crippen LogP) is 4.71. The summed E-state index contributed by atoms with van der Waals surface area (Å²) in [6, 6.07) is -0.733. The Morgan fingerprint density at radius 1 is 1.39 bits per heavy atom. The average Bonchev–Trinajstić information content (AvgIpc) is 2.84. The molecule has 1 nitrogen and oxygen atoms in total. The van der Waals surface area contributed by atoms with Crippen molar-refractivity contribution in [3.05, 3.63) is 23.5 Å². The molecule has 0 N–H and O–H groups in total. The first-order valence-electron chi connectivity index (χ1n) is 4.20. The van der Waals surface area contributed by atoms with E-state index in [2.05, 4.69) is 28.3 Å². The van der Waals surface area contributed by atoms with Gasteiger partial charge < -0.3 is 0 Å². The quantitative estimate of drug-likeness (QED) is 0.219. The van der Waals surface area contributed by atoms with Crippen LogP contribution in [-0.4, -0.2) is 12.2 Å². The summed E-state index contributed by atoms with van der Waals surface area (Å²) in [7, 11) is -6.34. The van der Waals surface area contributed by atoms with Gasteiger partial charge in [-0.2, -0.15) is 0 Å². The van der Waals surface area contributed by atoms with Crippen molar-refractivity contribution in [2.75, 3.05) is 0 Å². The number of halogens is 6. The number of hydrogen-bond acceptors (Lipinski definition) is 1. The van der Waals surface area contributed by atoms with E-state index in [0.717, 1.165) is 11.7 Å². The zero-order valence-electron chi connectivity index (χ0n) is 8.49. The van der Waals surface area contributed by atoms with Gasteiger partial charge in [-0.15, -0.1) is 0 Å². The zero-order chi connectivity index (χ0) is 14.5. The van der Waals surface area contributed by atoms with Crippen molar-refractivity contribution in [3.8, 4) is 11.6 Å².